The lowest BCUT2D eigenvalue weighted by Crippen LogP contribution is -2.41. The number of thiazole rings is 1. The Morgan fingerprint density at radius 1 is 1.65 bits per heavy atom. The fourth-order valence-corrected chi connectivity index (χ4v) is 2.99. The molecule has 0 aromatic carbocycles. The van der Waals surface area contributed by atoms with E-state index >= 15 is 0 Å². The highest BCUT2D eigenvalue weighted by atomic mass is 32.1. The molecule has 1 fully saturated rings. The summed E-state index contributed by atoms with van der Waals surface area (Å²) in [6.45, 7) is 6.27. The molecule has 1 aromatic heterocycles. The van der Waals surface area contributed by atoms with Gasteiger partial charge in [0.05, 0.1) is 17.3 Å². The first-order valence-corrected chi connectivity index (χ1v) is 6.89. The molecule has 1 aromatic rings. The Morgan fingerprint density at radius 3 is 3.00 bits per heavy atom. The fourth-order valence-electron chi connectivity index (χ4n) is 2.39. The number of rotatable bonds is 5. The summed E-state index contributed by atoms with van der Waals surface area (Å²) in [4.78, 5) is 6.79. The van der Waals surface area contributed by atoms with Gasteiger partial charge in [0, 0.05) is 37.0 Å². The van der Waals surface area contributed by atoms with Gasteiger partial charge >= 0.3 is 0 Å². The smallest absolute Gasteiger partial charge is 0.0897 e. The van der Waals surface area contributed by atoms with Gasteiger partial charge in [-0.3, -0.25) is 4.90 Å². The maximum atomic E-state index is 5.89. The van der Waals surface area contributed by atoms with Crippen molar-refractivity contribution in [3.8, 4) is 0 Å². The predicted molar refractivity (Wildman–Crippen MR) is 70.1 cm³/mol. The molecule has 1 aliphatic rings. The second-order valence-electron chi connectivity index (χ2n) is 5.04. The normalized spacial score (nSPS) is 24.7. The van der Waals surface area contributed by atoms with Gasteiger partial charge < -0.3 is 10.5 Å². The third kappa shape index (κ3) is 3.25. The van der Waals surface area contributed by atoms with Crippen LogP contribution >= 0.6 is 11.3 Å². The summed E-state index contributed by atoms with van der Waals surface area (Å²) in [5.41, 5.74) is 7.20. The van der Waals surface area contributed by atoms with Crippen LogP contribution in [0.25, 0.3) is 0 Å². The summed E-state index contributed by atoms with van der Waals surface area (Å²) >= 11 is 1.71. The molecule has 0 amide bonds. The molecule has 2 N–H and O–H groups in total. The van der Waals surface area contributed by atoms with Crippen molar-refractivity contribution in [2.24, 2.45) is 11.1 Å². The summed E-state index contributed by atoms with van der Waals surface area (Å²) in [7, 11) is 2.13. The van der Waals surface area contributed by atoms with Crippen LogP contribution in [-0.4, -0.2) is 43.2 Å². The number of nitrogens with two attached hydrogens (primary N) is 1. The van der Waals surface area contributed by atoms with Gasteiger partial charge in [-0.2, -0.15) is 0 Å². The quantitative estimate of drug-likeness (QED) is 0.860. The first-order chi connectivity index (χ1) is 8.13. The van der Waals surface area contributed by atoms with E-state index < -0.39 is 0 Å². The zero-order chi connectivity index (χ0) is 12.3. The molecule has 0 radical (unpaired) electrons. The molecule has 1 saturated heterocycles. The Bertz CT molecular complexity index is 360. The number of hydrogen-bond donors (Lipinski definition) is 1. The highest BCUT2D eigenvalue weighted by molar-refractivity contribution is 7.09. The van der Waals surface area contributed by atoms with Crippen molar-refractivity contribution in [2.75, 3.05) is 33.4 Å². The zero-order valence-electron chi connectivity index (χ0n) is 10.6. The summed E-state index contributed by atoms with van der Waals surface area (Å²) in [5, 5.41) is 3.26. The monoisotopic (exact) mass is 255 g/mol. The molecule has 0 spiro atoms. The van der Waals surface area contributed by atoms with Gasteiger partial charge in [-0.05, 0) is 20.4 Å². The molecule has 96 valence electrons. The van der Waals surface area contributed by atoms with Crippen LogP contribution < -0.4 is 5.73 Å². The Hall–Kier alpha value is -0.490. The van der Waals surface area contributed by atoms with E-state index in [0.29, 0.717) is 6.54 Å². The molecule has 0 saturated carbocycles. The van der Waals surface area contributed by atoms with Crippen LogP contribution in [0.1, 0.15) is 17.1 Å². The van der Waals surface area contributed by atoms with E-state index in [4.69, 9.17) is 10.5 Å². The van der Waals surface area contributed by atoms with E-state index in [1.807, 2.05) is 6.92 Å². The van der Waals surface area contributed by atoms with Crippen LogP contribution in [0.4, 0.5) is 0 Å². The molecule has 0 bridgehead atoms. The molecular weight excluding hydrogens is 234 g/mol. The van der Waals surface area contributed by atoms with Gasteiger partial charge in [-0.25, -0.2) is 4.98 Å². The molecule has 1 unspecified atom stereocenters. The molecule has 0 aliphatic carbocycles. The van der Waals surface area contributed by atoms with Crippen molar-refractivity contribution >= 4 is 11.3 Å². The van der Waals surface area contributed by atoms with Crippen LogP contribution in [0.2, 0.25) is 0 Å². The Balaban J connectivity index is 1.90. The summed E-state index contributed by atoms with van der Waals surface area (Å²) in [6, 6.07) is 0. The number of aromatic nitrogens is 1. The van der Waals surface area contributed by atoms with Crippen molar-refractivity contribution in [3.05, 3.63) is 16.1 Å². The Kier molecular flexibility index (Phi) is 4.14. The van der Waals surface area contributed by atoms with E-state index in [1.54, 1.807) is 11.3 Å². The topological polar surface area (TPSA) is 51.4 Å². The Labute approximate surface area is 107 Å². The van der Waals surface area contributed by atoms with Gasteiger partial charge in [-0.1, -0.05) is 0 Å². The maximum Gasteiger partial charge on any atom is 0.0897 e. The van der Waals surface area contributed by atoms with Crippen molar-refractivity contribution in [3.63, 3.8) is 0 Å². The Morgan fingerprint density at radius 2 is 2.47 bits per heavy atom. The van der Waals surface area contributed by atoms with E-state index in [0.717, 1.165) is 43.4 Å². The van der Waals surface area contributed by atoms with Gasteiger partial charge in [0.25, 0.3) is 0 Å². The first-order valence-electron chi connectivity index (χ1n) is 6.01. The molecule has 2 heterocycles. The average Bonchev–Trinajstić information content (AvgIpc) is 2.89. The minimum absolute atomic E-state index is 0.153. The van der Waals surface area contributed by atoms with Crippen molar-refractivity contribution in [1.82, 2.24) is 9.88 Å². The van der Waals surface area contributed by atoms with Crippen LogP contribution in [0, 0.1) is 12.3 Å². The van der Waals surface area contributed by atoms with E-state index in [9.17, 15) is 0 Å². The molecule has 17 heavy (non-hydrogen) atoms. The largest absolute Gasteiger partial charge is 0.381 e. The second kappa shape index (κ2) is 5.44. The number of ether oxygens (including phenoxy) is 1. The van der Waals surface area contributed by atoms with Crippen LogP contribution in [-0.2, 0) is 11.3 Å². The SMILES string of the molecule is Cc1nc(CN(C)CC2(CN)CCOC2)cs1. The molecule has 5 heteroatoms. The molecule has 4 nitrogen and oxygen atoms in total. The van der Waals surface area contributed by atoms with Crippen LogP contribution in [0.15, 0.2) is 5.38 Å². The first kappa shape index (κ1) is 13.0. The summed E-state index contributed by atoms with van der Waals surface area (Å²) in [6.07, 6.45) is 1.07. The molecular formula is C12H21N3OS. The zero-order valence-corrected chi connectivity index (χ0v) is 11.4. The lowest BCUT2D eigenvalue weighted by atomic mass is 9.87. The summed E-state index contributed by atoms with van der Waals surface area (Å²) < 4.78 is 5.49. The lowest BCUT2D eigenvalue weighted by Gasteiger charge is -2.30. The molecule has 2 rings (SSSR count). The third-order valence-electron chi connectivity index (χ3n) is 3.32. The van der Waals surface area contributed by atoms with Crippen LogP contribution in [0.3, 0.4) is 0 Å². The van der Waals surface area contributed by atoms with Gasteiger partial charge in [-0.15, -0.1) is 11.3 Å². The lowest BCUT2D eigenvalue weighted by molar-refractivity contribution is 0.123. The highest BCUT2D eigenvalue weighted by Crippen LogP contribution is 2.28. The minimum Gasteiger partial charge on any atom is -0.381 e. The highest BCUT2D eigenvalue weighted by Gasteiger charge is 2.34. The van der Waals surface area contributed by atoms with E-state index in [1.165, 1.54) is 0 Å². The number of hydrogen-bond acceptors (Lipinski definition) is 5. The maximum absolute atomic E-state index is 5.89. The fraction of sp³-hybridized carbons (Fsp3) is 0.750. The second-order valence-corrected chi connectivity index (χ2v) is 6.10. The predicted octanol–water partition coefficient (Wildman–Crippen LogP) is 1.25. The minimum atomic E-state index is 0.153. The van der Waals surface area contributed by atoms with Gasteiger partial charge in [0.1, 0.15) is 0 Å². The molecule has 1 atom stereocenters. The third-order valence-corrected chi connectivity index (χ3v) is 4.14. The van der Waals surface area contributed by atoms with Crippen molar-refractivity contribution in [1.29, 1.82) is 0 Å². The number of aryl methyl sites for hydroxylation is 1. The van der Waals surface area contributed by atoms with Gasteiger partial charge in [0.2, 0.25) is 0 Å². The standard InChI is InChI=1S/C12H21N3OS/c1-10-14-11(6-17-10)5-15(2)8-12(7-13)3-4-16-9-12/h6H,3-5,7-9,13H2,1-2H3. The van der Waals surface area contributed by atoms with Gasteiger partial charge in [0.15, 0.2) is 0 Å². The van der Waals surface area contributed by atoms with E-state index in [2.05, 4.69) is 22.3 Å². The number of nitrogens with zero attached hydrogens (tertiary/aromatic N) is 2. The van der Waals surface area contributed by atoms with Crippen molar-refractivity contribution < 1.29 is 4.74 Å². The average molecular weight is 255 g/mol. The van der Waals surface area contributed by atoms with Crippen molar-refractivity contribution in [2.45, 2.75) is 19.9 Å². The molecule has 1 aliphatic heterocycles. The van der Waals surface area contributed by atoms with E-state index in [-0.39, 0.29) is 5.41 Å². The van der Waals surface area contributed by atoms with Crippen LogP contribution in [0.5, 0.6) is 0 Å². The summed E-state index contributed by atoms with van der Waals surface area (Å²) in [5.74, 6) is 0.